The third-order valence-corrected chi connectivity index (χ3v) is 23.8. The molecule has 0 bridgehead atoms. The summed E-state index contributed by atoms with van der Waals surface area (Å²) in [6.07, 6.45) is 14.0. The molecule has 1 saturated carbocycles. The van der Waals surface area contributed by atoms with Crippen molar-refractivity contribution in [1.29, 1.82) is 0 Å². The van der Waals surface area contributed by atoms with Gasteiger partial charge in [-0.15, -0.1) is 0 Å². The van der Waals surface area contributed by atoms with Crippen LogP contribution in [0, 0.1) is 11.3 Å². The van der Waals surface area contributed by atoms with E-state index >= 15 is 0 Å². The van der Waals surface area contributed by atoms with E-state index in [0.29, 0.717) is 194 Å². The summed E-state index contributed by atoms with van der Waals surface area (Å²) in [6, 6.07) is 38.8. The van der Waals surface area contributed by atoms with Crippen molar-refractivity contribution in [3.05, 3.63) is 201 Å². The first-order chi connectivity index (χ1) is 66.5. The van der Waals surface area contributed by atoms with Crippen molar-refractivity contribution >= 4 is 123 Å². The first kappa shape index (κ1) is 96.5. The fraction of sp³-hybridized carbons (Fsp3) is 0.394. The molecule has 722 valence electrons. The maximum atomic E-state index is 12.2. The number of carbonyl (C=O) groups excluding carboxylic acids is 1. The zero-order valence-corrected chi connectivity index (χ0v) is 75.6. The second-order valence-electron chi connectivity index (χ2n) is 33.7. The van der Waals surface area contributed by atoms with Gasteiger partial charge in [-0.1, -0.05) is 49.4 Å². The lowest BCUT2D eigenvalue weighted by atomic mass is 10.0. The number of nitrogens with zero attached hydrogens (tertiary/aromatic N) is 7. The minimum absolute atomic E-state index is 0.0296. The number of benzene rings is 7. The van der Waals surface area contributed by atoms with Crippen molar-refractivity contribution < 1.29 is 52.2 Å². The van der Waals surface area contributed by atoms with Crippen LogP contribution < -0.4 is 134 Å². The van der Waals surface area contributed by atoms with Gasteiger partial charge in [0.15, 0.2) is 0 Å². The average molecular weight is 1880 g/mol. The van der Waals surface area contributed by atoms with E-state index in [2.05, 4.69) is 91.0 Å². The molecular weight excluding hydrogens is 1770 g/mol. The molecule has 0 spiro atoms. The molecule has 7 aromatic heterocycles. The number of rotatable bonds is 21. The Morgan fingerprint density at radius 1 is 0.358 bits per heavy atom. The zero-order chi connectivity index (χ0) is 95.9. The van der Waals surface area contributed by atoms with Gasteiger partial charge in [0.05, 0.1) is 115 Å². The number of nitrogens with two attached hydrogens (primary N) is 7. The number of fused-ring (bicyclic) bond motifs is 7. The Bertz CT molecular complexity index is 6770. The van der Waals surface area contributed by atoms with Gasteiger partial charge < -0.3 is 144 Å². The lowest BCUT2D eigenvalue weighted by Gasteiger charge is -2.24. The molecule has 43 heteroatoms. The SMILES string of the molecule is CCCNC(=O)C1(COc2cccc3[nH]c(=O)nc(N)c23)CC1.Nc1nc(=O)[nH]c2cccc(OC3CCNCC3)c12.Nc1nc(=O)[nH]c2cccc(OC3CCOC3)c12.Nc1nc(=O)[nH]c2cccc(OC3CCOCC3)c12.Nc1nc(=O)[nH]c2cccc(OCC3CCOCC3)c12.Nc1nc(=O)[nH]c2cccc(OC[C@@H]3CCCN3)c12.Nc1nc(=O)[nH]c2cccc(OC[C@H]3CCCN3)c12. The van der Waals surface area contributed by atoms with Gasteiger partial charge in [0.1, 0.15) is 119 Å². The summed E-state index contributed by atoms with van der Waals surface area (Å²) in [5, 5.41) is 17.5. The maximum Gasteiger partial charge on any atom is 0.347 e. The second kappa shape index (κ2) is 45.8. The van der Waals surface area contributed by atoms with Crippen LogP contribution in [0.5, 0.6) is 40.2 Å². The molecule has 7 aromatic carbocycles. The van der Waals surface area contributed by atoms with Crippen molar-refractivity contribution in [2.24, 2.45) is 11.3 Å². The van der Waals surface area contributed by atoms with Gasteiger partial charge in [-0.2, -0.15) is 34.9 Å². The summed E-state index contributed by atoms with van der Waals surface area (Å²) in [5.41, 5.74) is 41.6. The van der Waals surface area contributed by atoms with Crippen LogP contribution >= 0.6 is 0 Å². The van der Waals surface area contributed by atoms with Gasteiger partial charge in [-0.05, 0) is 188 Å². The minimum Gasteiger partial charge on any atom is -0.492 e. The number of nitrogen functional groups attached to an aromatic ring is 7. The first-order valence-corrected chi connectivity index (χ1v) is 45.7. The molecule has 1 amide bonds. The van der Waals surface area contributed by atoms with E-state index in [1.807, 2.05) is 79.7 Å². The van der Waals surface area contributed by atoms with Crippen molar-refractivity contribution in [1.82, 2.24) is 91.0 Å². The van der Waals surface area contributed by atoms with Gasteiger partial charge >= 0.3 is 39.8 Å². The van der Waals surface area contributed by atoms with E-state index in [1.54, 1.807) is 54.6 Å². The Hall–Kier alpha value is -15.1. The van der Waals surface area contributed by atoms with E-state index in [4.69, 9.17) is 87.5 Å². The summed E-state index contributed by atoms with van der Waals surface area (Å²) in [7, 11) is 0. The van der Waals surface area contributed by atoms with Crippen LogP contribution in [0.3, 0.4) is 0 Å². The number of carbonyl (C=O) groups is 1. The lowest BCUT2D eigenvalue weighted by Crippen LogP contribution is -2.36. The van der Waals surface area contributed by atoms with Crippen molar-refractivity contribution in [3.63, 3.8) is 0 Å². The fourth-order valence-corrected chi connectivity index (χ4v) is 16.6. The van der Waals surface area contributed by atoms with Crippen molar-refractivity contribution in [3.8, 4) is 40.2 Å². The maximum absolute atomic E-state index is 12.2. The number of hydrogen-bond acceptors (Lipinski definition) is 35. The topological polar surface area (TPSA) is 660 Å². The van der Waals surface area contributed by atoms with Crippen molar-refractivity contribution in [2.75, 3.05) is 139 Å². The number of H-pyrrole nitrogens is 7. The number of aromatic amines is 7. The summed E-state index contributed by atoms with van der Waals surface area (Å²) in [6.45, 7) is 13.1. The highest BCUT2D eigenvalue weighted by atomic mass is 16.5. The second-order valence-corrected chi connectivity index (χ2v) is 33.7. The highest BCUT2D eigenvalue weighted by Gasteiger charge is 2.51. The zero-order valence-electron chi connectivity index (χ0n) is 75.6. The molecule has 1 aliphatic carbocycles. The average Bonchev–Trinajstić information content (AvgIpc) is 1.71. The Labute approximate surface area is 780 Å². The van der Waals surface area contributed by atoms with Crippen LogP contribution in [0.1, 0.15) is 96.8 Å². The Kier molecular flexibility index (Phi) is 32.3. The largest absolute Gasteiger partial charge is 0.492 e. The predicted molar refractivity (Wildman–Crippen MR) is 521 cm³/mol. The van der Waals surface area contributed by atoms with Gasteiger partial charge in [0, 0.05) is 51.1 Å². The molecule has 6 aliphatic heterocycles. The minimum atomic E-state index is -0.496. The van der Waals surface area contributed by atoms with Crippen LogP contribution in [-0.4, -0.2) is 205 Å². The predicted octanol–water partition coefficient (Wildman–Crippen LogP) is 6.15. The van der Waals surface area contributed by atoms with E-state index < -0.39 is 45.2 Å². The molecule has 14 aromatic rings. The van der Waals surface area contributed by atoms with E-state index in [-0.39, 0.29) is 64.9 Å². The molecule has 25 N–H and O–H groups in total. The third-order valence-electron chi connectivity index (χ3n) is 23.8. The van der Waals surface area contributed by atoms with Crippen LogP contribution in [0.4, 0.5) is 40.7 Å². The van der Waals surface area contributed by atoms with E-state index in [1.165, 1.54) is 12.8 Å². The van der Waals surface area contributed by atoms with Gasteiger partial charge in [0.25, 0.3) is 0 Å². The third kappa shape index (κ3) is 25.3. The highest BCUT2D eigenvalue weighted by Crippen LogP contribution is 2.47. The molecule has 13 heterocycles. The van der Waals surface area contributed by atoms with E-state index in [0.717, 1.165) is 116 Å². The normalized spacial score (nSPS) is 17.3. The number of hydrogen-bond donors (Lipinski definition) is 18. The Morgan fingerprint density at radius 3 is 0.964 bits per heavy atom. The van der Waals surface area contributed by atoms with Crippen LogP contribution in [-0.2, 0) is 19.0 Å². The summed E-state index contributed by atoms with van der Waals surface area (Å²) < 4.78 is 57.1. The Balaban J connectivity index is 0.000000121. The quantitative estimate of drug-likeness (QED) is 0.0384. The summed E-state index contributed by atoms with van der Waals surface area (Å²) >= 11 is 0. The molecule has 137 heavy (non-hydrogen) atoms. The van der Waals surface area contributed by atoms with Crippen LogP contribution in [0.15, 0.2) is 161 Å². The molecule has 6 saturated heterocycles. The smallest absolute Gasteiger partial charge is 0.347 e. The molecule has 3 atom stereocenters. The van der Waals surface area contributed by atoms with Crippen LogP contribution in [0.25, 0.3) is 76.3 Å². The number of piperidine rings is 1. The summed E-state index contributed by atoms with van der Waals surface area (Å²) in [5.74, 6) is 6.34. The van der Waals surface area contributed by atoms with E-state index in [9.17, 15) is 38.4 Å². The lowest BCUT2D eigenvalue weighted by molar-refractivity contribution is -0.127. The number of aromatic nitrogens is 14. The monoisotopic (exact) mass is 1880 g/mol. The molecule has 21 rings (SSSR count). The molecule has 7 aliphatic rings. The van der Waals surface area contributed by atoms with Crippen LogP contribution in [0.2, 0.25) is 0 Å². The number of nitrogens with one attached hydrogen (secondary N) is 11. The fourth-order valence-electron chi connectivity index (χ4n) is 16.6. The Morgan fingerprint density at radius 2 is 0.650 bits per heavy atom. The van der Waals surface area contributed by atoms with Gasteiger partial charge in [0.2, 0.25) is 5.91 Å². The standard InChI is InChI=1S/C16H20N4O3.C14H17N3O3.3C13H16N4O2.C13H15N3O3.C12H13N3O3/c1-2-8-18-14(21)16(6-7-16)9-23-11-5-3-4-10-12(11)13(17)20-15(22)19-10;15-13-12-10(16-14(18)17-13)2-1-3-11(12)20-8-9-4-6-19-7-5-9;2*14-12-11-9(16-13(18)17-12)4-1-5-10(11)19-7-8-3-2-6-15-8;14-12-11-9(16-13(18)17-12)2-1-3-10(11)19-8-4-6-15-7-5-8;14-12-11-9(15-13(17)16-12)2-1-3-10(11)19-8-4-6-18-7-5-8;13-11-10-8(14-12(16)15-11)2-1-3-9(10)18-7-4-5-17-6-7/h3-5H,2,6-9H2,1H3,(H,18,21)(H3,17,19,20,22);1-3,9H,4-8H2,(H3,15,16,17,18);2*1,4-5,8,15H,2-3,6-7H2,(H3,14,16,17,18);1-3,8,15H,4-7H2,(H3,14,16,17,18);1-3,8H,4-7H2,(H3,14,15,16,17);1-3,7H,4-6H2,(H3,13,14,15,16)/t;;2*8-;;;/m..10.../s1. The highest BCUT2D eigenvalue weighted by molar-refractivity contribution is 5.98. The molecular formula is C94H113N25O18. The molecule has 1 unspecified atom stereocenters. The molecule has 43 nitrogen and oxygen atoms in total. The molecule has 0 radical (unpaired) electrons. The summed E-state index contributed by atoms with van der Waals surface area (Å²) in [4.78, 5) is 136. The molecule has 7 fully saturated rings. The number of ether oxygens (including phenoxy) is 10. The number of amides is 1. The van der Waals surface area contributed by atoms with Gasteiger partial charge in [-0.25, -0.2) is 33.6 Å². The van der Waals surface area contributed by atoms with Gasteiger partial charge in [-0.3, -0.25) is 4.79 Å². The first-order valence-electron chi connectivity index (χ1n) is 45.7. The number of anilines is 7. The van der Waals surface area contributed by atoms with Crippen molar-refractivity contribution in [2.45, 2.75) is 127 Å².